The van der Waals surface area contributed by atoms with Gasteiger partial charge in [0.1, 0.15) is 0 Å². The fourth-order valence-electron chi connectivity index (χ4n) is 1.19. The van der Waals surface area contributed by atoms with Crippen molar-refractivity contribution in [3.8, 4) is 0 Å². The zero-order chi connectivity index (χ0) is 13.9. The summed E-state index contributed by atoms with van der Waals surface area (Å²) in [6.07, 6.45) is 0. The maximum atomic E-state index is 11.8. The SMILES string of the molecule is COC(=O)c1oc(S(=O)(=O)NCC(C)N)cc1C. The molecule has 0 fully saturated rings. The van der Waals surface area contributed by atoms with Crippen molar-refractivity contribution in [1.29, 1.82) is 0 Å². The van der Waals surface area contributed by atoms with E-state index >= 15 is 0 Å². The van der Waals surface area contributed by atoms with Gasteiger partial charge in [0.2, 0.25) is 10.9 Å². The van der Waals surface area contributed by atoms with E-state index in [-0.39, 0.29) is 23.4 Å². The first-order valence-corrected chi connectivity index (χ1v) is 6.70. The van der Waals surface area contributed by atoms with Crippen molar-refractivity contribution in [2.75, 3.05) is 13.7 Å². The third kappa shape index (κ3) is 3.31. The van der Waals surface area contributed by atoms with E-state index in [1.54, 1.807) is 13.8 Å². The van der Waals surface area contributed by atoms with Crippen LogP contribution in [0.25, 0.3) is 0 Å². The van der Waals surface area contributed by atoms with Crippen molar-refractivity contribution in [2.45, 2.75) is 25.0 Å². The molecule has 0 radical (unpaired) electrons. The summed E-state index contributed by atoms with van der Waals surface area (Å²) >= 11 is 0. The number of furan rings is 1. The van der Waals surface area contributed by atoms with Gasteiger partial charge in [-0.1, -0.05) is 0 Å². The lowest BCUT2D eigenvalue weighted by Crippen LogP contribution is -2.35. The van der Waals surface area contributed by atoms with E-state index < -0.39 is 16.0 Å². The Morgan fingerprint density at radius 3 is 2.72 bits per heavy atom. The van der Waals surface area contributed by atoms with Crippen LogP contribution in [0.15, 0.2) is 15.6 Å². The minimum absolute atomic E-state index is 0.0790. The second-order valence-corrected chi connectivity index (χ2v) is 5.60. The van der Waals surface area contributed by atoms with Crippen molar-refractivity contribution in [2.24, 2.45) is 5.73 Å². The van der Waals surface area contributed by atoms with Crippen LogP contribution in [0, 0.1) is 6.92 Å². The minimum Gasteiger partial charge on any atom is -0.463 e. The lowest BCUT2D eigenvalue weighted by Gasteiger charge is -2.06. The normalized spacial score (nSPS) is 13.3. The van der Waals surface area contributed by atoms with Crippen LogP contribution in [0.4, 0.5) is 0 Å². The quantitative estimate of drug-likeness (QED) is 0.732. The molecular formula is C10H16N2O5S. The largest absolute Gasteiger partial charge is 0.463 e. The lowest BCUT2D eigenvalue weighted by atomic mass is 10.3. The monoisotopic (exact) mass is 276 g/mol. The van der Waals surface area contributed by atoms with E-state index in [1.807, 2.05) is 0 Å². The molecule has 7 nitrogen and oxygen atoms in total. The lowest BCUT2D eigenvalue weighted by molar-refractivity contribution is 0.0558. The molecule has 0 saturated carbocycles. The molecule has 0 amide bonds. The summed E-state index contributed by atoms with van der Waals surface area (Å²) in [5, 5.41) is -0.332. The Labute approximate surface area is 105 Å². The average molecular weight is 276 g/mol. The second kappa shape index (κ2) is 5.51. The maximum absolute atomic E-state index is 11.8. The maximum Gasteiger partial charge on any atom is 0.374 e. The number of hydrogen-bond donors (Lipinski definition) is 2. The fourth-order valence-corrected chi connectivity index (χ4v) is 2.34. The number of carbonyl (C=O) groups excluding carboxylic acids is 1. The van der Waals surface area contributed by atoms with Gasteiger partial charge in [-0.2, -0.15) is 0 Å². The van der Waals surface area contributed by atoms with Crippen LogP contribution in [-0.2, 0) is 14.8 Å². The Hall–Kier alpha value is -1.38. The van der Waals surface area contributed by atoms with Gasteiger partial charge in [0, 0.05) is 24.2 Å². The molecule has 0 aliphatic carbocycles. The fraction of sp³-hybridized carbons (Fsp3) is 0.500. The van der Waals surface area contributed by atoms with Crippen LogP contribution in [0.5, 0.6) is 0 Å². The Morgan fingerprint density at radius 2 is 2.22 bits per heavy atom. The van der Waals surface area contributed by atoms with E-state index in [2.05, 4.69) is 9.46 Å². The van der Waals surface area contributed by atoms with Gasteiger partial charge < -0.3 is 14.9 Å². The highest BCUT2D eigenvalue weighted by molar-refractivity contribution is 7.89. The van der Waals surface area contributed by atoms with Gasteiger partial charge in [0.05, 0.1) is 7.11 Å². The third-order valence-electron chi connectivity index (χ3n) is 2.13. The number of nitrogens with two attached hydrogens (primary N) is 1. The molecule has 1 atom stereocenters. The first kappa shape index (κ1) is 14.7. The summed E-state index contributed by atoms with van der Waals surface area (Å²) in [6, 6.07) is 0.936. The highest BCUT2D eigenvalue weighted by Crippen LogP contribution is 2.19. The second-order valence-electron chi connectivity index (χ2n) is 3.90. The molecule has 102 valence electrons. The van der Waals surface area contributed by atoms with E-state index in [1.165, 1.54) is 13.2 Å². The van der Waals surface area contributed by atoms with Crippen molar-refractivity contribution in [3.63, 3.8) is 0 Å². The Bertz CT molecular complexity index is 532. The summed E-state index contributed by atoms with van der Waals surface area (Å²) in [4.78, 5) is 11.3. The molecule has 0 aliphatic heterocycles. The van der Waals surface area contributed by atoms with Crippen LogP contribution < -0.4 is 10.5 Å². The molecule has 8 heteroatoms. The van der Waals surface area contributed by atoms with E-state index in [4.69, 9.17) is 10.2 Å². The predicted octanol–water partition coefficient (Wildman–Crippen LogP) is 0.000120. The predicted molar refractivity (Wildman–Crippen MR) is 63.6 cm³/mol. The van der Waals surface area contributed by atoms with Gasteiger partial charge in [-0.15, -0.1) is 0 Å². The van der Waals surface area contributed by atoms with Crippen molar-refractivity contribution in [1.82, 2.24) is 4.72 Å². The smallest absolute Gasteiger partial charge is 0.374 e. The zero-order valence-electron chi connectivity index (χ0n) is 10.4. The summed E-state index contributed by atoms with van der Waals surface area (Å²) in [5.74, 6) is -0.847. The molecule has 0 bridgehead atoms. The Kier molecular flexibility index (Phi) is 4.49. The van der Waals surface area contributed by atoms with Gasteiger partial charge in [0.15, 0.2) is 0 Å². The molecule has 0 aromatic carbocycles. The van der Waals surface area contributed by atoms with Crippen molar-refractivity contribution >= 4 is 16.0 Å². The Morgan fingerprint density at radius 1 is 1.61 bits per heavy atom. The molecule has 18 heavy (non-hydrogen) atoms. The number of aryl methyl sites for hydroxylation is 1. The van der Waals surface area contributed by atoms with Crippen molar-refractivity contribution in [3.05, 3.63) is 17.4 Å². The summed E-state index contributed by atoms with van der Waals surface area (Å²) in [5.41, 5.74) is 5.84. The van der Waals surface area contributed by atoms with Gasteiger partial charge in [-0.25, -0.2) is 17.9 Å². The highest BCUT2D eigenvalue weighted by Gasteiger charge is 2.24. The zero-order valence-corrected chi connectivity index (χ0v) is 11.2. The first-order valence-electron chi connectivity index (χ1n) is 5.22. The van der Waals surface area contributed by atoms with E-state index in [0.29, 0.717) is 5.56 Å². The van der Waals surface area contributed by atoms with Gasteiger partial charge >= 0.3 is 5.97 Å². The van der Waals surface area contributed by atoms with Gasteiger partial charge in [0.25, 0.3) is 10.0 Å². The highest BCUT2D eigenvalue weighted by atomic mass is 32.2. The summed E-state index contributed by atoms with van der Waals surface area (Å²) in [7, 11) is -2.62. The van der Waals surface area contributed by atoms with Crippen LogP contribution in [0.1, 0.15) is 23.0 Å². The minimum atomic E-state index is -3.80. The average Bonchev–Trinajstić information content (AvgIpc) is 2.68. The number of ether oxygens (including phenoxy) is 1. The molecule has 0 saturated heterocycles. The van der Waals surface area contributed by atoms with Crippen LogP contribution in [0.3, 0.4) is 0 Å². The molecule has 0 aliphatic rings. The molecule has 1 heterocycles. The topological polar surface area (TPSA) is 112 Å². The summed E-state index contributed by atoms with van der Waals surface area (Å²) in [6.45, 7) is 3.30. The number of carbonyl (C=O) groups is 1. The van der Waals surface area contributed by atoms with Crippen LogP contribution in [-0.4, -0.2) is 34.1 Å². The number of nitrogens with one attached hydrogen (secondary N) is 1. The van der Waals surface area contributed by atoms with Gasteiger partial charge in [-0.05, 0) is 13.8 Å². The van der Waals surface area contributed by atoms with Crippen molar-refractivity contribution < 1.29 is 22.4 Å². The number of rotatable bonds is 5. The summed E-state index contributed by atoms with van der Waals surface area (Å²) < 4.78 is 35.3. The van der Waals surface area contributed by atoms with Crippen LogP contribution in [0.2, 0.25) is 0 Å². The van der Waals surface area contributed by atoms with E-state index in [9.17, 15) is 13.2 Å². The number of sulfonamides is 1. The molecule has 1 unspecified atom stereocenters. The third-order valence-corrected chi connectivity index (χ3v) is 3.40. The van der Waals surface area contributed by atoms with E-state index in [0.717, 1.165) is 0 Å². The Balaban J connectivity index is 3.00. The number of esters is 1. The standard InChI is InChI=1S/C10H16N2O5S/c1-6-4-8(17-9(6)10(13)16-3)18(14,15)12-5-7(2)11/h4,7,12H,5,11H2,1-3H3. The molecule has 1 aromatic heterocycles. The first-order chi connectivity index (χ1) is 8.27. The van der Waals surface area contributed by atoms with Crippen LogP contribution >= 0.6 is 0 Å². The molecular weight excluding hydrogens is 260 g/mol. The number of methoxy groups -OCH3 is 1. The molecule has 1 aromatic rings. The molecule has 3 N–H and O–H groups in total. The van der Waals surface area contributed by atoms with Gasteiger partial charge in [-0.3, -0.25) is 0 Å². The molecule has 1 rings (SSSR count). The number of hydrogen-bond acceptors (Lipinski definition) is 6. The molecule has 0 spiro atoms.